The summed E-state index contributed by atoms with van der Waals surface area (Å²) in [4.78, 5) is 0. The van der Waals surface area contributed by atoms with Gasteiger partial charge >= 0.3 is 0 Å². The van der Waals surface area contributed by atoms with Crippen molar-refractivity contribution in [3.05, 3.63) is 12.2 Å². The molecule has 0 radical (unpaired) electrons. The molecule has 2 rings (SSSR count). The van der Waals surface area contributed by atoms with Crippen LogP contribution in [0.1, 0.15) is 20.8 Å². The molecule has 4 unspecified atom stereocenters. The predicted octanol–water partition coefficient (Wildman–Crippen LogP) is 2.71. The summed E-state index contributed by atoms with van der Waals surface area (Å²) >= 11 is 0. The van der Waals surface area contributed by atoms with Gasteiger partial charge in [-0.3, -0.25) is 0 Å². The third kappa shape index (κ3) is 0.574. The van der Waals surface area contributed by atoms with Crippen LogP contribution in [0.15, 0.2) is 12.2 Å². The fourth-order valence-electron chi connectivity index (χ4n) is 2.87. The molecule has 2 bridgehead atoms. The first-order valence-corrected chi connectivity index (χ1v) is 4.40. The predicted molar refractivity (Wildman–Crippen MR) is 43.6 cm³/mol. The fraction of sp³-hybridized carbons (Fsp3) is 0.800. The second-order valence-electron chi connectivity index (χ2n) is 4.12. The van der Waals surface area contributed by atoms with Gasteiger partial charge in [0.05, 0.1) is 0 Å². The van der Waals surface area contributed by atoms with Crippen LogP contribution in [0.4, 0.5) is 0 Å². The molecule has 0 aromatic carbocycles. The molecule has 2 aliphatic carbocycles. The molecule has 2 aliphatic rings. The van der Waals surface area contributed by atoms with Gasteiger partial charge in [0.2, 0.25) is 0 Å². The summed E-state index contributed by atoms with van der Waals surface area (Å²) in [5.41, 5.74) is 0. The van der Waals surface area contributed by atoms with Crippen LogP contribution in [0, 0.1) is 29.6 Å². The molecule has 1 saturated carbocycles. The standard InChI is InChI=1S/C10H16/c1-6-7(2)10-5-4-9(6)8(10)3/h4-10H,1-3H3. The van der Waals surface area contributed by atoms with Crippen molar-refractivity contribution in [1.29, 1.82) is 0 Å². The van der Waals surface area contributed by atoms with Crippen LogP contribution in [-0.2, 0) is 0 Å². The van der Waals surface area contributed by atoms with Crippen molar-refractivity contribution in [3.8, 4) is 0 Å². The molecule has 0 spiro atoms. The number of rotatable bonds is 0. The lowest BCUT2D eigenvalue weighted by Gasteiger charge is -2.19. The van der Waals surface area contributed by atoms with Gasteiger partial charge in [0.1, 0.15) is 0 Å². The van der Waals surface area contributed by atoms with Gasteiger partial charge in [-0.15, -0.1) is 0 Å². The molecule has 0 N–H and O–H groups in total. The minimum atomic E-state index is 0.903. The molecule has 0 heterocycles. The molecule has 4 atom stereocenters. The SMILES string of the molecule is CC1C(C)C2C=CC1C2C. The molecule has 56 valence electrons. The lowest BCUT2D eigenvalue weighted by Crippen LogP contribution is -2.12. The van der Waals surface area contributed by atoms with Crippen LogP contribution < -0.4 is 0 Å². The van der Waals surface area contributed by atoms with Crippen molar-refractivity contribution in [2.45, 2.75) is 20.8 Å². The van der Waals surface area contributed by atoms with E-state index in [1.54, 1.807) is 0 Å². The molecule has 0 amide bonds. The maximum atomic E-state index is 2.43. The van der Waals surface area contributed by atoms with Crippen molar-refractivity contribution in [3.63, 3.8) is 0 Å². The number of hydrogen-bond donors (Lipinski definition) is 0. The fourth-order valence-corrected chi connectivity index (χ4v) is 2.87. The first kappa shape index (κ1) is 6.45. The first-order chi connectivity index (χ1) is 4.72. The van der Waals surface area contributed by atoms with E-state index >= 15 is 0 Å². The van der Waals surface area contributed by atoms with Crippen molar-refractivity contribution < 1.29 is 0 Å². The van der Waals surface area contributed by atoms with Gasteiger partial charge in [-0.05, 0) is 29.6 Å². The Balaban J connectivity index is 2.30. The minimum absolute atomic E-state index is 0.903. The average molecular weight is 136 g/mol. The van der Waals surface area contributed by atoms with Crippen LogP contribution >= 0.6 is 0 Å². The van der Waals surface area contributed by atoms with E-state index in [0.29, 0.717) is 0 Å². The number of fused-ring (bicyclic) bond motifs is 2. The third-order valence-electron chi connectivity index (χ3n) is 3.81. The van der Waals surface area contributed by atoms with Crippen molar-refractivity contribution >= 4 is 0 Å². The topological polar surface area (TPSA) is 0 Å². The zero-order valence-electron chi connectivity index (χ0n) is 7.04. The van der Waals surface area contributed by atoms with E-state index in [-0.39, 0.29) is 0 Å². The van der Waals surface area contributed by atoms with Crippen molar-refractivity contribution in [2.24, 2.45) is 29.6 Å². The Bertz CT molecular complexity index is 151. The molecule has 0 aromatic rings. The summed E-state index contributed by atoms with van der Waals surface area (Å²) < 4.78 is 0. The highest BCUT2D eigenvalue weighted by Crippen LogP contribution is 2.51. The lowest BCUT2D eigenvalue weighted by molar-refractivity contribution is 0.364. The zero-order chi connectivity index (χ0) is 7.30. The summed E-state index contributed by atoms with van der Waals surface area (Å²) in [6.45, 7) is 7.19. The Morgan fingerprint density at radius 2 is 1.10 bits per heavy atom. The largest absolute Gasteiger partial charge is 0.0846 e. The van der Waals surface area contributed by atoms with E-state index in [1.165, 1.54) is 0 Å². The van der Waals surface area contributed by atoms with E-state index in [1.807, 2.05) is 0 Å². The van der Waals surface area contributed by atoms with Gasteiger partial charge in [-0.2, -0.15) is 0 Å². The Morgan fingerprint density at radius 3 is 1.30 bits per heavy atom. The maximum Gasteiger partial charge on any atom is -0.0173 e. The highest BCUT2D eigenvalue weighted by Gasteiger charge is 2.44. The molecule has 0 saturated heterocycles. The van der Waals surface area contributed by atoms with Crippen LogP contribution in [0.3, 0.4) is 0 Å². The molecule has 0 aliphatic heterocycles. The summed E-state index contributed by atoms with van der Waals surface area (Å²) in [5, 5.41) is 0. The molecule has 10 heavy (non-hydrogen) atoms. The maximum absolute atomic E-state index is 2.43. The van der Waals surface area contributed by atoms with E-state index in [9.17, 15) is 0 Å². The molecular formula is C10H16. The smallest absolute Gasteiger partial charge is 0.0173 e. The highest BCUT2D eigenvalue weighted by molar-refractivity contribution is 5.14. The minimum Gasteiger partial charge on any atom is -0.0846 e. The highest BCUT2D eigenvalue weighted by atomic mass is 14.5. The molecule has 0 heteroatoms. The normalized spacial score (nSPS) is 58.1. The Labute approximate surface area is 63.3 Å². The Morgan fingerprint density at radius 1 is 0.700 bits per heavy atom. The Kier molecular flexibility index (Phi) is 1.21. The van der Waals surface area contributed by atoms with Gasteiger partial charge in [0.15, 0.2) is 0 Å². The zero-order valence-corrected chi connectivity index (χ0v) is 7.04. The summed E-state index contributed by atoms with van der Waals surface area (Å²) in [5.74, 6) is 4.61. The van der Waals surface area contributed by atoms with Crippen LogP contribution in [0.5, 0.6) is 0 Å². The quantitative estimate of drug-likeness (QED) is 0.449. The van der Waals surface area contributed by atoms with Crippen LogP contribution in [0.2, 0.25) is 0 Å². The van der Waals surface area contributed by atoms with Crippen LogP contribution in [-0.4, -0.2) is 0 Å². The average Bonchev–Trinajstić information content (AvgIpc) is 2.34. The third-order valence-corrected chi connectivity index (χ3v) is 3.81. The van der Waals surface area contributed by atoms with Crippen molar-refractivity contribution in [2.75, 3.05) is 0 Å². The van der Waals surface area contributed by atoms with E-state index in [2.05, 4.69) is 32.9 Å². The molecule has 1 fully saturated rings. The Hall–Kier alpha value is -0.260. The lowest BCUT2D eigenvalue weighted by atomic mass is 9.86. The molecule has 0 nitrogen and oxygen atoms in total. The van der Waals surface area contributed by atoms with E-state index in [4.69, 9.17) is 0 Å². The molecular weight excluding hydrogens is 120 g/mol. The first-order valence-electron chi connectivity index (χ1n) is 4.40. The molecule has 0 aromatic heterocycles. The summed E-state index contributed by atoms with van der Waals surface area (Å²) in [6, 6.07) is 0. The monoisotopic (exact) mass is 136 g/mol. The van der Waals surface area contributed by atoms with Gasteiger partial charge in [0.25, 0.3) is 0 Å². The van der Waals surface area contributed by atoms with Gasteiger partial charge in [0, 0.05) is 0 Å². The number of allylic oxidation sites excluding steroid dienone is 2. The van der Waals surface area contributed by atoms with E-state index in [0.717, 1.165) is 29.6 Å². The number of hydrogen-bond acceptors (Lipinski definition) is 0. The van der Waals surface area contributed by atoms with E-state index < -0.39 is 0 Å². The summed E-state index contributed by atoms with van der Waals surface area (Å²) in [7, 11) is 0. The van der Waals surface area contributed by atoms with Gasteiger partial charge in [-0.1, -0.05) is 32.9 Å². The van der Waals surface area contributed by atoms with Gasteiger partial charge in [-0.25, -0.2) is 0 Å². The second-order valence-corrected chi connectivity index (χ2v) is 4.12. The van der Waals surface area contributed by atoms with Crippen LogP contribution in [0.25, 0.3) is 0 Å². The van der Waals surface area contributed by atoms with Crippen molar-refractivity contribution in [1.82, 2.24) is 0 Å². The second kappa shape index (κ2) is 1.87. The van der Waals surface area contributed by atoms with Gasteiger partial charge < -0.3 is 0 Å². The summed E-state index contributed by atoms with van der Waals surface area (Å²) in [6.07, 6.45) is 4.86.